The molecule has 0 aliphatic carbocycles. The molecule has 1 aliphatic heterocycles. The first-order chi connectivity index (χ1) is 5.42. The van der Waals surface area contributed by atoms with Crippen molar-refractivity contribution in [2.75, 3.05) is 25.1 Å². The number of rotatable bonds is 2. The minimum atomic E-state index is 0.977. The molecule has 1 saturated heterocycles. The van der Waals surface area contributed by atoms with Crippen LogP contribution in [0.15, 0.2) is 24.3 Å². The molecule has 1 aromatic rings. The Morgan fingerprint density at radius 3 is 2.64 bits per heavy atom. The summed E-state index contributed by atoms with van der Waals surface area (Å²) in [5, 5.41) is 0. The number of hydrogen-bond donors (Lipinski definition) is 0. The van der Waals surface area contributed by atoms with Gasteiger partial charge in [0.2, 0.25) is 0 Å². The maximum atomic E-state index is 5.20. The molecule has 0 amide bonds. The predicted molar refractivity (Wildman–Crippen MR) is 45.2 cm³/mol. The Morgan fingerprint density at radius 1 is 1.27 bits per heavy atom. The first-order valence-electron chi connectivity index (χ1n) is 3.80. The molecule has 1 heterocycles. The lowest BCUT2D eigenvalue weighted by Crippen LogP contribution is -1.94. The van der Waals surface area contributed by atoms with Gasteiger partial charge in [-0.05, 0) is 12.1 Å². The van der Waals surface area contributed by atoms with Gasteiger partial charge in [-0.15, -0.1) is 0 Å². The predicted octanol–water partition coefficient (Wildman–Crippen LogP) is 1.52. The lowest BCUT2D eigenvalue weighted by atomic mass is 10.3. The van der Waals surface area contributed by atoms with E-state index >= 15 is 0 Å². The standard InChI is InChI=1S/C9H11NO/c1-11-9-5-3-2-4-8(9)10-6-7-10/h2-5H,6-7H2,1H3. The van der Waals surface area contributed by atoms with E-state index in [1.54, 1.807) is 7.11 Å². The van der Waals surface area contributed by atoms with Crippen LogP contribution in [0.2, 0.25) is 0 Å². The van der Waals surface area contributed by atoms with Crippen molar-refractivity contribution in [2.24, 2.45) is 0 Å². The fourth-order valence-corrected chi connectivity index (χ4v) is 1.18. The van der Waals surface area contributed by atoms with Crippen LogP contribution < -0.4 is 9.64 Å². The van der Waals surface area contributed by atoms with Crippen LogP contribution in [0.3, 0.4) is 0 Å². The molecular weight excluding hydrogens is 138 g/mol. The van der Waals surface area contributed by atoms with E-state index in [2.05, 4.69) is 11.0 Å². The van der Waals surface area contributed by atoms with Crippen LogP contribution in [-0.2, 0) is 0 Å². The number of para-hydroxylation sites is 2. The molecule has 0 atom stereocenters. The Hall–Kier alpha value is -1.18. The summed E-state index contributed by atoms with van der Waals surface area (Å²) in [6.45, 7) is 2.33. The summed E-state index contributed by atoms with van der Waals surface area (Å²) >= 11 is 0. The Kier molecular flexibility index (Phi) is 1.46. The first-order valence-corrected chi connectivity index (χ1v) is 3.80. The molecule has 0 bridgehead atoms. The molecule has 2 nitrogen and oxygen atoms in total. The van der Waals surface area contributed by atoms with Crippen molar-refractivity contribution in [3.8, 4) is 5.75 Å². The minimum Gasteiger partial charge on any atom is -0.495 e. The maximum absolute atomic E-state index is 5.20. The average molecular weight is 149 g/mol. The Morgan fingerprint density at radius 2 is 2.00 bits per heavy atom. The number of methoxy groups -OCH3 is 1. The Labute approximate surface area is 66.4 Å². The van der Waals surface area contributed by atoms with E-state index in [9.17, 15) is 0 Å². The van der Waals surface area contributed by atoms with Crippen molar-refractivity contribution in [1.29, 1.82) is 0 Å². The van der Waals surface area contributed by atoms with Gasteiger partial charge in [0, 0.05) is 13.1 Å². The van der Waals surface area contributed by atoms with Gasteiger partial charge in [-0.25, -0.2) is 0 Å². The number of benzene rings is 1. The van der Waals surface area contributed by atoms with Crippen LogP contribution in [0.5, 0.6) is 5.75 Å². The topological polar surface area (TPSA) is 12.2 Å². The van der Waals surface area contributed by atoms with E-state index in [0.717, 1.165) is 5.75 Å². The second-order valence-electron chi connectivity index (χ2n) is 2.66. The third kappa shape index (κ3) is 1.16. The fourth-order valence-electron chi connectivity index (χ4n) is 1.18. The zero-order valence-electron chi connectivity index (χ0n) is 6.58. The SMILES string of the molecule is COc1ccccc1N1CC1. The van der Waals surface area contributed by atoms with Crippen LogP contribution in [0.4, 0.5) is 5.69 Å². The van der Waals surface area contributed by atoms with Crippen molar-refractivity contribution in [2.45, 2.75) is 0 Å². The van der Waals surface area contributed by atoms with Crippen LogP contribution in [0, 0.1) is 0 Å². The molecule has 0 spiro atoms. The molecular formula is C9H11NO. The monoisotopic (exact) mass is 149 g/mol. The molecule has 2 rings (SSSR count). The van der Waals surface area contributed by atoms with Gasteiger partial charge in [-0.2, -0.15) is 0 Å². The number of anilines is 1. The smallest absolute Gasteiger partial charge is 0.142 e. The molecule has 0 radical (unpaired) electrons. The maximum Gasteiger partial charge on any atom is 0.142 e. The van der Waals surface area contributed by atoms with Gasteiger partial charge in [0.05, 0.1) is 12.8 Å². The van der Waals surface area contributed by atoms with E-state index in [1.165, 1.54) is 18.8 Å². The molecule has 58 valence electrons. The fraction of sp³-hybridized carbons (Fsp3) is 0.333. The minimum absolute atomic E-state index is 0.977. The summed E-state index contributed by atoms with van der Waals surface area (Å²) in [6.07, 6.45) is 0. The molecule has 0 unspecified atom stereocenters. The number of hydrogen-bond acceptors (Lipinski definition) is 2. The quantitative estimate of drug-likeness (QED) is 0.591. The van der Waals surface area contributed by atoms with Gasteiger partial charge in [0.25, 0.3) is 0 Å². The van der Waals surface area contributed by atoms with Gasteiger partial charge in [-0.3, -0.25) is 0 Å². The van der Waals surface area contributed by atoms with Crippen molar-refractivity contribution in [1.82, 2.24) is 0 Å². The van der Waals surface area contributed by atoms with Crippen molar-refractivity contribution in [3.05, 3.63) is 24.3 Å². The van der Waals surface area contributed by atoms with Crippen molar-refractivity contribution < 1.29 is 4.74 Å². The first kappa shape index (κ1) is 6.53. The summed E-state index contributed by atoms with van der Waals surface area (Å²) in [6, 6.07) is 8.11. The molecule has 1 fully saturated rings. The van der Waals surface area contributed by atoms with Crippen molar-refractivity contribution in [3.63, 3.8) is 0 Å². The van der Waals surface area contributed by atoms with E-state index < -0.39 is 0 Å². The molecule has 0 N–H and O–H groups in total. The molecule has 11 heavy (non-hydrogen) atoms. The van der Waals surface area contributed by atoms with Crippen LogP contribution >= 0.6 is 0 Å². The summed E-state index contributed by atoms with van der Waals surface area (Å²) in [5.41, 5.74) is 1.22. The third-order valence-electron chi connectivity index (χ3n) is 1.87. The van der Waals surface area contributed by atoms with E-state index in [4.69, 9.17) is 4.74 Å². The van der Waals surface area contributed by atoms with E-state index in [-0.39, 0.29) is 0 Å². The summed E-state index contributed by atoms with van der Waals surface area (Å²) in [5.74, 6) is 0.977. The highest BCUT2D eigenvalue weighted by atomic mass is 16.5. The van der Waals surface area contributed by atoms with Crippen LogP contribution in [0.25, 0.3) is 0 Å². The van der Waals surface area contributed by atoms with Crippen LogP contribution in [-0.4, -0.2) is 20.2 Å². The molecule has 1 aliphatic rings. The van der Waals surface area contributed by atoms with Gasteiger partial charge < -0.3 is 9.64 Å². The van der Waals surface area contributed by atoms with E-state index in [1.807, 2.05) is 18.2 Å². The van der Waals surface area contributed by atoms with Gasteiger partial charge in [-0.1, -0.05) is 12.1 Å². The van der Waals surface area contributed by atoms with Gasteiger partial charge in [0.1, 0.15) is 5.75 Å². The van der Waals surface area contributed by atoms with Crippen LogP contribution in [0.1, 0.15) is 0 Å². The highest BCUT2D eigenvalue weighted by Gasteiger charge is 2.20. The average Bonchev–Trinajstić information content (AvgIpc) is 2.87. The molecule has 0 saturated carbocycles. The zero-order valence-corrected chi connectivity index (χ0v) is 6.58. The summed E-state index contributed by atoms with van der Waals surface area (Å²) in [4.78, 5) is 2.28. The lowest BCUT2D eigenvalue weighted by Gasteiger charge is -2.07. The second-order valence-corrected chi connectivity index (χ2v) is 2.66. The number of ether oxygens (including phenoxy) is 1. The largest absolute Gasteiger partial charge is 0.495 e. The Bertz CT molecular complexity index is 255. The highest BCUT2D eigenvalue weighted by Crippen LogP contribution is 2.31. The molecule has 2 heteroatoms. The van der Waals surface area contributed by atoms with Crippen molar-refractivity contribution >= 4 is 5.69 Å². The third-order valence-corrected chi connectivity index (χ3v) is 1.87. The van der Waals surface area contributed by atoms with Gasteiger partial charge >= 0.3 is 0 Å². The summed E-state index contributed by atoms with van der Waals surface area (Å²) in [7, 11) is 1.71. The second kappa shape index (κ2) is 2.46. The highest BCUT2D eigenvalue weighted by molar-refractivity contribution is 5.61. The normalized spacial score (nSPS) is 14.8. The zero-order chi connectivity index (χ0) is 7.68. The lowest BCUT2D eigenvalue weighted by molar-refractivity contribution is 0.416. The van der Waals surface area contributed by atoms with Gasteiger partial charge in [0.15, 0.2) is 0 Å². The summed E-state index contributed by atoms with van der Waals surface area (Å²) < 4.78 is 5.20. The Balaban J connectivity index is 2.34. The molecule has 1 aromatic carbocycles. The van der Waals surface area contributed by atoms with E-state index in [0.29, 0.717) is 0 Å². The number of nitrogens with zero attached hydrogens (tertiary/aromatic N) is 1. The molecule has 0 aromatic heterocycles.